The summed E-state index contributed by atoms with van der Waals surface area (Å²) in [6.07, 6.45) is 1.72. The monoisotopic (exact) mass is 452 g/mol. The standard InChI is InChI=1S/C17H26Cl2N4O6/c18-11-3-1-4-12(19)10(11)9-14(25)22-16(20)23-17(28)29-8-7-21-13(24)5-2-6-15(26)27/h10-12H,1-9H2,(H,21,24)(H,26,27)(H3,20,22,23,25,28). The third-order valence-electron chi connectivity index (χ3n) is 4.23. The number of carboxylic acids is 1. The van der Waals surface area contributed by atoms with Gasteiger partial charge in [-0.25, -0.2) is 4.79 Å². The van der Waals surface area contributed by atoms with Gasteiger partial charge in [-0.2, -0.15) is 0 Å². The molecule has 0 radical (unpaired) electrons. The Bertz CT molecular complexity index is 621. The Labute approximate surface area is 178 Å². The first-order valence-electron chi connectivity index (χ1n) is 9.26. The number of amides is 3. The van der Waals surface area contributed by atoms with Gasteiger partial charge in [0.25, 0.3) is 0 Å². The number of rotatable bonds is 9. The van der Waals surface area contributed by atoms with Gasteiger partial charge in [0.1, 0.15) is 6.61 Å². The molecule has 0 bridgehead atoms. The summed E-state index contributed by atoms with van der Waals surface area (Å²) < 4.78 is 4.76. The Balaban J connectivity index is 2.25. The number of aliphatic carboxylic acids is 1. The molecule has 0 aromatic heterocycles. The first kappa shape index (κ1) is 25.0. The van der Waals surface area contributed by atoms with Gasteiger partial charge in [0.2, 0.25) is 17.8 Å². The van der Waals surface area contributed by atoms with E-state index in [0.29, 0.717) is 0 Å². The summed E-state index contributed by atoms with van der Waals surface area (Å²) in [6, 6.07) is 0. The highest BCUT2D eigenvalue weighted by Gasteiger charge is 2.32. The average Bonchev–Trinajstić information content (AvgIpc) is 2.61. The lowest BCUT2D eigenvalue weighted by Crippen LogP contribution is -2.41. The number of nitrogens with one attached hydrogen (secondary N) is 2. The summed E-state index contributed by atoms with van der Waals surface area (Å²) in [6.45, 7) is -0.118. The van der Waals surface area contributed by atoms with Crippen LogP contribution < -0.4 is 16.4 Å². The van der Waals surface area contributed by atoms with E-state index in [2.05, 4.69) is 15.6 Å². The lowest BCUT2D eigenvalue weighted by atomic mass is 9.86. The second kappa shape index (κ2) is 13.2. The molecule has 1 rings (SSSR count). The number of nitrogens with zero attached hydrogens (tertiary/aromatic N) is 1. The first-order valence-corrected chi connectivity index (χ1v) is 10.1. The number of halogens is 2. The Kier molecular flexibility index (Phi) is 11.4. The molecule has 12 heteroatoms. The molecule has 0 aromatic rings. The van der Waals surface area contributed by atoms with Gasteiger partial charge in [0.15, 0.2) is 0 Å². The fourth-order valence-electron chi connectivity index (χ4n) is 2.80. The maximum absolute atomic E-state index is 12.0. The Morgan fingerprint density at radius 3 is 2.38 bits per heavy atom. The highest BCUT2D eigenvalue weighted by atomic mass is 35.5. The van der Waals surface area contributed by atoms with Gasteiger partial charge in [-0.15, -0.1) is 28.2 Å². The molecular weight excluding hydrogens is 427 g/mol. The number of carbonyl (C=O) groups is 4. The molecule has 0 aliphatic heterocycles. The number of carboxylic acid groups (broad SMARTS) is 1. The van der Waals surface area contributed by atoms with Gasteiger partial charge >= 0.3 is 12.1 Å². The molecular formula is C17H26Cl2N4O6. The van der Waals surface area contributed by atoms with Gasteiger partial charge < -0.3 is 20.9 Å². The summed E-state index contributed by atoms with van der Waals surface area (Å²) in [4.78, 5) is 48.8. The molecule has 1 aliphatic carbocycles. The highest BCUT2D eigenvalue weighted by Crippen LogP contribution is 2.34. The van der Waals surface area contributed by atoms with Crippen LogP contribution in [0.4, 0.5) is 4.79 Å². The van der Waals surface area contributed by atoms with Gasteiger partial charge in [0.05, 0.1) is 6.54 Å². The number of alkyl halides is 2. The molecule has 29 heavy (non-hydrogen) atoms. The summed E-state index contributed by atoms with van der Waals surface area (Å²) >= 11 is 12.4. The van der Waals surface area contributed by atoms with Crippen molar-refractivity contribution in [2.24, 2.45) is 16.6 Å². The topological polar surface area (TPSA) is 160 Å². The SMILES string of the molecule is NC(=NC(=O)OCCNC(=O)CCCC(=O)O)NC(=O)CC1C(Cl)CCCC1Cl. The van der Waals surface area contributed by atoms with Crippen LogP contribution in [0.1, 0.15) is 44.9 Å². The number of nitrogens with two attached hydrogens (primary N) is 1. The van der Waals surface area contributed by atoms with Crippen LogP contribution in [0.3, 0.4) is 0 Å². The molecule has 164 valence electrons. The molecule has 0 aromatic carbocycles. The van der Waals surface area contributed by atoms with E-state index in [0.717, 1.165) is 19.3 Å². The zero-order chi connectivity index (χ0) is 21.8. The van der Waals surface area contributed by atoms with Crippen LogP contribution in [0.25, 0.3) is 0 Å². The van der Waals surface area contributed by atoms with Crippen molar-refractivity contribution >= 4 is 53.0 Å². The van der Waals surface area contributed by atoms with Crippen LogP contribution in [0.5, 0.6) is 0 Å². The number of ether oxygens (including phenoxy) is 1. The van der Waals surface area contributed by atoms with Crippen LogP contribution in [0.15, 0.2) is 4.99 Å². The maximum Gasteiger partial charge on any atom is 0.436 e. The largest absolute Gasteiger partial charge is 0.481 e. The molecule has 1 fully saturated rings. The van der Waals surface area contributed by atoms with Crippen LogP contribution >= 0.6 is 23.2 Å². The minimum Gasteiger partial charge on any atom is -0.481 e. The third-order valence-corrected chi connectivity index (χ3v) is 5.32. The second-order valence-electron chi connectivity index (χ2n) is 6.59. The van der Waals surface area contributed by atoms with Gasteiger partial charge in [-0.3, -0.25) is 19.7 Å². The number of hydrogen-bond donors (Lipinski definition) is 4. The normalized spacial score (nSPS) is 21.9. The Morgan fingerprint density at radius 2 is 1.76 bits per heavy atom. The van der Waals surface area contributed by atoms with E-state index < -0.39 is 23.9 Å². The van der Waals surface area contributed by atoms with E-state index in [4.69, 9.17) is 38.8 Å². The van der Waals surface area contributed by atoms with Crippen LogP contribution in [-0.4, -0.2) is 58.8 Å². The Morgan fingerprint density at radius 1 is 1.10 bits per heavy atom. The van der Waals surface area contributed by atoms with Crippen molar-refractivity contribution in [1.82, 2.24) is 10.6 Å². The molecule has 1 saturated carbocycles. The van der Waals surface area contributed by atoms with E-state index in [-0.39, 0.29) is 61.4 Å². The van der Waals surface area contributed by atoms with Gasteiger partial charge in [-0.05, 0) is 19.3 Å². The van der Waals surface area contributed by atoms with Crippen molar-refractivity contribution in [1.29, 1.82) is 0 Å². The summed E-state index contributed by atoms with van der Waals surface area (Å²) in [5.41, 5.74) is 5.52. The molecule has 0 spiro atoms. The van der Waals surface area contributed by atoms with E-state index >= 15 is 0 Å². The molecule has 0 heterocycles. The van der Waals surface area contributed by atoms with Crippen LogP contribution in [-0.2, 0) is 19.1 Å². The minimum absolute atomic E-state index is 0.0370. The lowest BCUT2D eigenvalue weighted by molar-refractivity contribution is -0.137. The predicted octanol–water partition coefficient (Wildman–Crippen LogP) is 1.33. The van der Waals surface area contributed by atoms with E-state index in [9.17, 15) is 19.2 Å². The van der Waals surface area contributed by atoms with Gasteiger partial charge in [0, 0.05) is 35.9 Å². The maximum atomic E-state index is 12.0. The predicted molar refractivity (Wildman–Crippen MR) is 107 cm³/mol. The summed E-state index contributed by atoms with van der Waals surface area (Å²) in [7, 11) is 0. The fourth-order valence-corrected chi connectivity index (χ4v) is 3.71. The number of hydrogen-bond acceptors (Lipinski definition) is 5. The fraction of sp³-hybridized carbons (Fsp3) is 0.706. The molecule has 0 saturated heterocycles. The van der Waals surface area contributed by atoms with Crippen molar-refractivity contribution in [2.45, 2.75) is 55.7 Å². The first-order chi connectivity index (χ1) is 13.7. The van der Waals surface area contributed by atoms with E-state index in [1.807, 2.05) is 0 Å². The van der Waals surface area contributed by atoms with Crippen molar-refractivity contribution in [3.05, 3.63) is 0 Å². The molecule has 2 atom stereocenters. The van der Waals surface area contributed by atoms with E-state index in [1.165, 1.54) is 0 Å². The lowest BCUT2D eigenvalue weighted by Gasteiger charge is -2.30. The molecule has 5 N–H and O–H groups in total. The minimum atomic E-state index is -1.02. The van der Waals surface area contributed by atoms with Crippen molar-refractivity contribution in [3.63, 3.8) is 0 Å². The highest BCUT2D eigenvalue weighted by molar-refractivity contribution is 6.24. The number of carbonyl (C=O) groups excluding carboxylic acids is 3. The van der Waals surface area contributed by atoms with E-state index in [1.54, 1.807) is 0 Å². The molecule has 1 aliphatic rings. The third kappa shape index (κ3) is 10.9. The van der Waals surface area contributed by atoms with Crippen molar-refractivity contribution < 1.29 is 29.0 Å². The molecule has 10 nitrogen and oxygen atoms in total. The second-order valence-corrected chi connectivity index (χ2v) is 7.71. The zero-order valence-electron chi connectivity index (χ0n) is 15.9. The summed E-state index contributed by atoms with van der Waals surface area (Å²) in [5, 5.41) is 12.9. The van der Waals surface area contributed by atoms with Crippen molar-refractivity contribution in [2.75, 3.05) is 13.2 Å². The molecule has 2 unspecified atom stereocenters. The zero-order valence-corrected chi connectivity index (χ0v) is 17.4. The number of aliphatic imine (C=N–C) groups is 1. The number of guanidine groups is 1. The average molecular weight is 453 g/mol. The quantitative estimate of drug-likeness (QED) is 0.177. The van der Waals surface area contributed by atoms with Crippen LogP contribution in [0, 0.1) is 5.92 Å². The van der Waals surface area contributed by atoms with Crippen LogP contribution in [0.2, 0.25) is 0 Å². The van der Waals surface area contributed by atoms with Crippen molar-refractivity contribution in [3.8, 4) is 0 Å². The summed E-state index contributed by atoms with van der Waals surface area (Å²) in [5.74, 6) is -2.37. The smallest absolute Gasteiger partial charge is 0.436 e. The van der Waals surface area contributed by atoms with Gasteiger partial charge in [-0.1, -0.05) is 6.42 Å². The molecule has 3 amide bonds. The Hall–Kier alpha value is -2.07.